The molecule has 1 aliphatic heterocycles. The third kappa shape index (κ3) is 7.03. The molecular weight excluding hydrogens is 487 g/mol. The fraction of sp³-hybridized carbons (Fsp3) is 0.400. The lowest BCUT2D eigenvalue weighted by atomic mass is 10.1. The maximum atomic E-state index is 14.4. The summed E-state index contributed by atoms with van der Waals surface area (Å²) < 4.78 is 51.5. The molecule has 1 aromatic carbocycles. The van der Waals surface area contributed by atoms with Crippen LogP contribution in [0.4, 0.5) is 15.0 Å². The number of carbonyl (C=O) groups is 1. The van der Waals surface area contributed by atoms with E-state index in [1.807, 2.05) is 0 Å². The van der Waals surface area contributed by atoms with Crippen LogP contribution < -0.4 is 10.5 Å². The summed E-state index contributed by atoms with van der Waals surface area (Å²) in [7, 11) is -3.81. The molecular formula is C25H31FN4O5S. The first-order chi connectivity index (χ1) is 16.7. The number of allylic oxidation sites excluding steroid dienone is 2. The molecule has 0 bridgehead atoms. The molecule has 3 rings (SSSR count). The molecule has 0 unspecified atom stereocenters. The fourth-order valence-electron chi connectivity index (χ4n) is 3.57. The van der Waals surface area contributed by atoms with Crippen LogP contribution in [0.3, 0.4) is 0 Å². The number of amides is 1. The SMILES string of the molecule is CC(=Nc1cc(OC2CN(C(=O)OC(C)(C)C)C2)c(F)cn1)C(=C(C)N)S(=O)(=O)Cc1ccccc1. The molecule has 0 aliphatic carbocycles. The Labute approximate surface area is 210 Å². The summed E-state index contributed by atoms with van der Waals surface area (Å²) in [6, 6.07) is 10.0. The fourth-order valence-corrected chi connectivity index (χ4v) is 5.34. The van der Waals surface area contributed by atoms with Gasteiger partial charge in [0.2, 0.25) is 0 Å². The number of benzene rings is 1. The molecule has 1 amide bonds. The second kappa shape index (κ2) is 10.7. The highest BCUT2D eigenvalue weighted by atomic mass is 32.2. The molecule has 0 spiro atoms. The summed E-state index contributed by atoms with van der Waals surface area (Å²) in [5.74, 6) is -0.996. The van der Waals surface area contributed by atoms with Gasteiger partial charge in [-0.2, -0.15) is 0 Å². The monoisotopic (exact) mass is 518 g/mol. The zero-order chi connectivity index (χ0) is 26.7. The zero-order valence-electron chi connectivity index (χ0n) is 21.0. The van der Waals surface area contributed by atoms with Crippen LogP contribution in [0.25, 0.3) is 0 Å². The topological polar surface area (TPSA) is 124 Å². The molecule has 1 fully saturated rings. The number of aliphatic imine (C=N–C) groups is 1. The number of rotatable bonds is 7. The van der Waals surface area contributed by atoms with Gasteiger partial charge in [0.05, 0.1) is 30.8 Å². The van der Waals surface area contributed by atoms with Crippen molar-refractivity contribution in [3.63, 3.8) is 0 Å². The van der Waals surface area contributed by atoms with Crippen LogP contribution in [0.2, 0.25) is 0 Å². The van der Waals surface area contributed by atoms with E-state index in [2.05, 4.69) is 9.98 Å². The number of hydrogen-bond donors (Lipinski definition) is 1. The number of sulfone groups is 1. The normalized spacial score (nSPS) is 15.7. The van der Waals surface area contributed by atoms with Crippen LogP contribution in [0.1, 0.15) is 40.2 Å². The maximum Gasteiger partial charge on any atom is 0.410 e. The lowest BCUT2D eigenvalue weighted by Gasteiger charge is -2.39. The first-order valence-electron chi connectivity index (χ1n) is 11.3. The van der Waals surface area contributed by atoms with Gasteiger partial charge in [0.15, 0.2) is 27.2 Å². The van der Waals surface area contributed by atoms with E-state index >= 15 is 0 Å². The summed E-state index contributed by atoms with van der Waals surface area (Å²) in [5, 5.41) is 0. The predicted octanol–water partition coefficient (Wildman–Crippen LogP) is 4.12. The Balaban J connectivity index is 1.74. The molecule has 2 heterocycles. The van der Waals surface area contributed by atoms with Crippen LogP contribution >= 0.6 is 0 Å². The number of pyridine rings is 1. The Hall–Kier alpha value is -3.47. The van der Waals surface area contributed by atoms with Crippen molar-refractivity contribution in [2.45, 2.75) is 52.1 Å². The summed E-state index contributed by atoms with van der Waals surface area (Å²) in [6.45, 7) is 8.79. The molecule has 2 N–H and O–H groups in total. The molecule has 36 heavy (non-hydrogen) atoms. The van der Waals surface area contributed by atoms with Crippen molar-refractivity contribution >= 4 is 27.5 Å². The highest BCUT2D eigenvalue weighted by Gasteiger charge is 2.35. The van der Waals surface area contributed by atoms with E-state index in [4.69, 9.17) is 15.2 Å². The number of halogens is 1. The van der Waals surface area contributed by atoms with Crippen LogP contribution in [-0.2, 0) is 20.3 Å². The molecule has 0 radical (unpaired) electrons. The summed E-state index contributed by atoms with van der Waals surface area (Å²) in [5.41, 5.74) is 6.13. The van der Waals surface area contributed by atoms with E-state index in [1.165, 1.54) is 24.8 Å². The average Bonchev–Trinajstić information content (AvgIpc) is 2.70. The van der Waals surface area contributed by atoms with Crippen molar-refractivity contribution in [3.8, 4) is 5.75 Å². The molecule has 0 saturated carbocycles. The van der Waals surface area contributed by atoms with Gasteiger partial charge in [-0.15, -0.1) is 0 Å². The second-order valence-corrected chi connectivity index (χ2v) is 11.5. The smallest absolute Gasteiger partial charge is 0.410 e. The van der Waals surface area contributed by atoms with Crippen LogP contribution in [-0.4, -0.2) is 54.9 Å². The Kier molecular flexibility index (Phi) is 8.02. The van der Waals surface area contributed by atoms with Gasteiger partial charge in [0.25, 0.3) is 0 Å². The highest BCUT2D eigenvalue weighted by molar-refractivity contribution is 7.95. The number of nitrogens with zero attached hydrogens (tertiary/aromatic N) is 3. The van der Waals surface area contributed by atoms with Gasteiger partial charge < -0.3 is 20.1 Å². The third-order valence-electron chi connectivity index (χ3n) is 5.08. The Morgan fingerprint density at radius 3 is 2.44 bits per heavy atom. The number of nitrogens with two attached hydrogens (primary N) is 1. The minimum atomic E-state index is -3.81. The van der Waals surface area contributed by atoms with Gasteiger partial charge in [0, 0.05) is 11.8 Å². The maximum absolute atomic E-state index is 14.4. The first kappa shape index (κ1) is 27.1. The van der Waals surface area contributed by atoms with E-state index in [0.717, 1.165) is 6.20 Å². The number of aromatic nitrogens is 1. The Morgan fingerprint density at radius 1 is 1.22 bits per heavy atom. The van der Waals surface area contributed by atoms with Crippen LogP contribution in [0, 0.1) is 5.82 Å². The highest BCUT2D eigenvalue weighted by Crippen LogP contribution is 2.27. The molecule has 9 nitrogen and oxygen atoms in total. The van der Waals surface area contributed by atoms with E-state index in [0.29, 0.717) is 5.56 Å². The minimum absolute atomic E-state index is 0.0564. The molecule has 11 heteroatoms. The first-order valence-corrected chi connectivity index (χ1v) is 13.0. The third-order valence-corrected chi connectivity index (χ3v) is 7.03. The van der Waals surface area contributed by atoms with Gasteiger partial charge >= 0.3 is 6.09 Å². The standard InChI is InChI=1S/C25H31FN4O5S/c1-16(27)23(36(32,33)15-18-9-7-6-8-10-18)17(2)29-22-11-21(20(26)12-28-22)34-19-13-30(14-19)24(31)35-25(3,4)5/h6-12,19H,13-15,27H2,1-5H3. The molecule has 2 aromatic rings. The zero-order valence-corrected chi connectivity index (χ0v) is 21.8. The van der Waals surface area contributed by atoms with Crippen molar-refractivity contribution in [1.82, 2.24) is 9.88 Å². The summed E-state index contributed by atoms with van der Waals surface area (Å²) in [4.78, 5) is 21.6. The summed E-state index contributed by atoms with van der Waals surface area (Å²) >= 11 is 0. The second-order valence-electron chi connectivity index (χ2n) is 9.55. The lowest BCUT2D eigenvalue weighted by Crippen LogP contribution is -2.57. The van der Waals surface area contributed by atoms with Crippen molar-refractivity contribution < 1.29 is 27.1 Å². The molecule has 0 atom stereocenters. The van der Waals surface area contributed by atoms with Gasteiger partial charge in [-0.05, 0) is 40.2 Å². The number of ether oxygens (including phenoxy) is 2. The van der Waals surface area contributed by atoms with Crippen LogP contribution in [0.15, 0.2) is 58.2 Å². The van der Waals surface area contributed by atoms with Crippen molar-refractivity contribution in [1.29, 1.82) is 0 Å². The molecule has 1 saturated heterocycles. The minimum Gasteiger partial charge on any atom is -0.483 e. The number of hydrogen-bond acceptors (Lipinski definition) is 8. The largest absolute Gasteiger partial charge is 0.483 e. The molecule has 1 aromatic heterocycles. The van der Waals surface area contributed by atoms with E-state index in [1.54, 1.807) is 51.1 Å². The average molecular weight is 519 g/mol. The number of carbonyl (C=O) groups excluding carboxylic acids is 1. The van der Waals surface area contributed by atoms with Crippen molar-refractivity contribution in [2.24, 2.45) is 10.7 Å². The van der Waals surface area contributed by atoms with Gasteiger partial charge in [0.1, 0.15) is 16.6 Å². The van der Waals surface area contributed by atoms with Gasteiger partial charge in [-0.25, -0.2) is 27.6 Å². The van der Waals surface area contributed by atoms with E-state index in [9.17, 15) is 17.6 Å². The lowest BCUT2D eigenvalue weighted by molar-refractivity contribution is -0.0229. The quantitative estimate of drug-likeness (QED) is 0.547. The Bertz CT molecular complexity index is 1280. The van der Waals surface area contributed by atoms with Gasteiger partial charge in [-0.3, -0.25) is 0 Å². The van der Waals surface area contributed by atoms with E-state index < -0.39 is 33.5 Å². The van der Waals surface area contributed by atoms with E-state index in [-0.39, 0.29) is 46.7 Å². The molecule has 194 valence electrons. The van der Waals surface area contributed by atoms with Gasteiger partial charge in [-0.1, -0.05) is 30.3 Å². The Morgan fingerprint density at radius 2 is 1.86 bits per heavy atom. The van der Waals surface area contributed by atoms with Crippen LogP contribution in [0.5, 0.6) is 5.75 Å². The van der Waals surface area contributed by atoms with Crippen molar-refractivity contribution in [3.05, 3.63) is 64.6 Å². The van der Waals surface area contributed by atoms with Crippen molar-refractivity contribution in [2.75, 3.05) is 13.1 Å². The predicted molar refractivity (Wildman–Crippen MR) is 135 cm³/mol. The summed E-state index contributed by atoms with van der Waals surface area (Å²) in [6.07, 6.45) is 0.0510. The number of likely N-dealkylation sites (tertiary alicyclic amines) is 1. The molecule has 1 aliphatic rings.